The molecule has 0 radical (unpaired) electrons. The van der Waals surface area contributed by atoms with Crippen LogP contribution >= 0.6 is 0 Å². The molecule has 1 aromatic carbocycles. The Kier molecular flexibility index (Phi) is 5.83. The first kappa shape index (κ1) is 20.4. The van der Waals surface area contributed by atoms with Gasteiger partial charge in [0.15, 0.2) is 9.84 Å². The van der Waals surface area contributed by atoms with Crippen LogP contribution in [0.25, 0.3) is 0 Å². The highest BCUT2D eigenvalue weighted by Gasteiger charge is 2.37. The number of carbonyl (C=O) groups is 2. The minimum absolute atomic E-state index is 0.0263. The number of rotatable bonds is 5. The highest BCUT2D eigenvalue weighted by molar-refractivity contribution is 7.91. The van der Waals surface area contributed by atoms with Gasteiger partial charge in [-0.3, -0.25) is 9.59 Å². The van der Waals surface area contributed by atoms with Crippen LogP contribution in [0, 0.1) is 11.7 Å². The monoisotopic (exact) mass is 409 g/mol. The second-order valence-corrected chi connectivity index (χ2v) is 9.82. The predicted molar refractivity (Wildman–Crippen MR) is 103 cm³/mol. The minimum Gasteiger partial charge on any atom is -0.344 e. The maximum atomic E-state index is 13.2. The summed E-state index contributed by atoms with van der Waals surface area (Å²) >= 11 is 0. The average molecular weight is 409 g/mol. The van der Waals surface area contributed by atoms with Gasteiger partial charge < -0.3 is 5.32 Å². The van der Waals surface area contributed by atoms with Crippen molar-refractivity contribution in [2.24, 2.45) is 11.0 Å². The lowest BCUT2D eigenvalue weighted by atomic mass is 9.95. The van der Waals surface area contributed by atoms with Crippen molar-refractivity contribution in [1.29, 1.82) is 0 Å². The van der Waals surface area contributed by atoms with Gasteiger partial charge in [0.1, 0.15) is 11.5 Å². The summed E-state index contributed by atoms with van der Waals surface area (Å²) < 4.78 is 36.6. The molecule has 9 heteroatoms. The van der Waals surface area contributed by atoms with Crippen molar-refractivity contribution in [1.82, 2.24) is 10.3 Å². The van der Waals surface area contributed by atoms with E-state index < -0.39 is 21.8 Å². The first-order valence-corrected chi connectivity index (χ1v) is 11.1. The lowest BCUT2D eigenvalue weighted by molar-refractivity contribution is -0.133. The molecule has 2 unspecified atom stereocenters. The molecule has 2 aliphatic heterocycles. The number of nitrogens with one attached hydrogen (secondary N) is 1. The Hall–Kier alpha value is -2.29. The molecular formula is C19H24FN3O4S. The van der Waals surface area contributed by atoms with Crippen LogP contribution in [0.3, 0.4) is 0 Å². The van der Waals surface area contributed by atoms with Crippen molar-refractivity contribution in [2.75, 3.05) is 11.5 Å². The Bertz CT molecular complexity index is 896. The molecule has 1 fully saturated rings. The maximum absolute atomic E-state index is 13.2. The molecule has 3 rings (SSSR count). The van der Waals surface area contributed by atoms with E-state index >= 15 is 0 Å². The smallest absolute Gasteiger partial charge is 0.267 e. The van der Waals surface area contributed by atoms with Gasteiger partial charge in [0.25, 0.3) is 5.91 Å². The van der Waals surface area contributed by atoms with Gasteiger partial charge in [-0.2, -0.15) is 5.10 Å². The van der Waals surface area contributed by atoms with Gasteiger partial charge in [-0.15, -0.1) is 0 Å². The van der Waals surface area contributed by atoms with E-state index in [9.17, 15) is 22.4 Å². The molecule has 2 atom stereocenters. The Labute approximate surface area is 163 Å². The van der Waals surface area contributed by atoms with Crippen LogP contribution in [0.15, 0.2) is 29.4 Å². The third-order valence-corrected chi connectivity index (χ3v) is 6.81. The molecule has 2 amide bonds. The summed E-state index contributed by atoms with van der Waals surface area (Å²) in [7, 11) is -3.17. The average Bonchev–Trinajstić information content (AvgIpc) is 3.00. The zero-order valence-corrected chi connectivity index (χ0v) is 16.7. The molecule has 0 bridgehead atoms. The van der Waals surface area contributed by atoms with Gasteiger partial charge in [-0.05, 0) is 30.0 Å². The quantitative estimate of drug-likeness (QED) is 0.802. The molecule has 2 heterocycles. The Morgan fingerprint density at radius 2 is 1.93 bits per heavy atom. The summed E-state index contributed by atoms with van der Waals surface area (Å²) in [5.41, 5.74) is 0.979. The molecule has 28 heavy (non-hydrogen) atoms. The third-order valence-electron chi connectivity index (χ3n) is 5.06. The van der Waals surface area contributed by atoms with Crippen LogP contribution in [0.5, 0.6) is 0 Å². The van der Waals surface area contributed by atoms with E-state index in [1.807, 2.05) is 13.8 Å². The van der Waals surface area contributed by atoms with Crippen molar-refractivity contribution in [3.63, 3.8) is 0 Å². The molecule has 1 saturated heterocycles. The Balaban J connectivity index is 1.77. The van der Waals surface area contributed by atoms with Gasteiger partial charge in [0.2, 0.25) is 5.91 Å². The maximum Gasteiger partial charge on any atom is 0.267 e. The fourth-order valence-corrected chi connectivity index (χ4v) is 5.21. The number of amides is 2. The van der Waals surface area contributed by atoms with E-state index in [-0.39, 0.29) is 53.7 Å². The lowest BCUT2D eigenvalue weighted by Gasteiger charge is -2.29. The first-order valence-electron chi connectivity index (χ1n) is 9.32. The van der Waals surface area contributed by atoms with Gasteiger partial charge in [0.05, 0.1) is 23.6 Å². The topological polar surface area (TPSA) is 95.9 Å². The van der Waals surface area contributed by atoms with Crippen LogP contribution < -0.4 is 5.32 Å². The van der Waals surface area contributed by atoms with Gasteiger partial charge in [-0.1, -0.05) is 26.0 Å². The molecule has 152 valence electrons. The van der Waals surface area contributed by atoms with E-state index in [4.69, 9.17) is 0 Å². The second kappa shape index (κ2) is 7.98. The van der Waals surface area contributed by atoms with Crippen LogP contribution in [-0.2, 0) is 19.4 Å². The van der Waals surface area contributed by atoms with Crippen molar-refractivity contribution in [3.05, 3.63) is 35.6 Å². The Morgan fingerprint density at radius 1 is 1.25 bits per heavy atom. The van der Waals surface area contributed by atoms with Crippen molar-refractivity contribution in [2.45, 2.75) is 45.2 Å². The summed E-state index contributed by atoms with van der Waals surface area (Å²) in [5, 5.41) is 8.28. The van der Waals surface area contributed by atoms with Crippen molar-refractivity contribution < 1.29 is 22.4 Å². The van der Waals surface area contributed by atoms with E-state index in [1.165, 1.54) is 17.1 Å². The molecule has 0 aliphatic carbocycles. The SMILES string of the molecule is CC(C)C(NC(=O)C1=NN(C2CCS(=O)(=O)C2)C(=O)CC1)c1ccc(F)cc1. The molecule has 7 nitrogen and oxygen atoms in total. The zero-order chi connectivity index (χ0) is 20.5. The van der Waals surface area contributed by atoms with E-state index in [0.717, 1.165) is 5.56 Å². The highest BCUT2D eigenvalue weighted by Crippen LogP contribution is 2.24. The molecule has 1 aromatic rings. The standard InChI is InChI=1S/C19H24FN3O4S/c1-12(2)18(13-3-5-14(20)6-4-13)21-19(25)16-7-8-17(24)23(22-16)15-9-10-28(26,27)11-15/h3-6,12,15,18H,7-11H2,1-2H3,(H,21,25). The summed E-state index contributed by atoms with van der Waals surface area (Å²) in [6.07, 6.45) is 0.650. The molecule has 2 aliphatic rings. The third kappa shape index (κ3) is 4.57. The zero-order valence-electron chi connectivity index (χ0n) is 15.9. The largest absolute Gasteiger partial charge is 0.344 e. The number of hydrogen-bond donors (Lipinski definition) is 1. The van der Waals surface area contributed by atoms with Crippen molar-refractivity contribution in [3.8, 4) is 0 Å². The van der Waals surface area contributed by atoms with Crippen LogP contribution in [0.1, 0.15) is 44.7 Å². The number of nitrogens with zero attached hydrogens (tertiary/aromatic N) is 2. The van der Waals surface area contributed by atoms with Gasteiger partial charge in [-0.25, -0.2) is 17.8 Å². The number of hydrazone groups is 1. The number of hydrogen-bond acceptors (Lipinski definition) is 5. The normalized spacial score (nSPS) is 22.9. The molecule has 0 aromatic heterocycles. The predicted octanol–water partition coefficient (Wildman–Crippen LogP) is 1.80. The van der Waals surface area contributed by atoms with Crippen molar-refractivity contribution >= 4 is 27.4 Å². The fourth-order valence-electron chi connectivity index (χ4n) is 3.52. The molecule has 1 N–H and O–H groups in total. The van der Waals surface area contributed by atoms with Gasteiger partial charge in [0, 0.05) is 12.8 Å². The van der Waals surface area contributed by atoms with Crippen LogP contribution in [-0.4, -0.2) is 48.5 Å². The minimum atomic E-state index is -3.17. The lowest BCUT2D eigenvalue weighted by Crippen LogP contribution is -2.45. The summed E-state index contributed by atoms with van der Waals surface area (Å²) in [6.45, 7) is 3.88. The van der Waals surface area contributed by atoms with E-state index in [2.05, 4.69) is 10.4 Å². The molecule has 0 saturated carbocycles. The van der Waals surface area contributed by atoms with E-state index in [0.29, 0.717) is 6.42 Å². The van der Waals surface area contributed by atoms with Crippen LogP contribution in [0.4, 0.5) is 4.39 Å². The second-order valence-electron chi connectivity index (χ2n) is 7.59. The van der Waals surface area contributed by atoms with Crippen LogP contribution in [0.2, 0.25) is 0 Å². The summed E-state index contributed by atoms with van der Waals surface area (Å²) in [6, 6.07) is 5.09. The first-order chi connectivity index (χ1) is 13.2. The van der Waals surface area contributed by atoms with E-state index in [1.54, 1.807) is 12.1 Å². The number of carbonyl (C=O) groups excluding carboxylic acids is 2. The summed E-state index contributed by atoms with van der Waals surface area (Å²) in [5.74, 6) is -1.06. The Morgan fingerprint density at radius 3 is 2.50 bits per heavy atom. The number of sulfone groups is 1. The number of halogens is 1. The summed E-state index contributed by atoms with van der Waals surface area (Å²) in [4.78, 5) is 25.0. The van der Waals surface area contributed by atoms with Gasteiger partial charge >= 0.3 is 0 Å². The molecule has 0 spiro atoms. The molecular weight excluding hydrogens is 385 g/mol. The highest BCUT2D eigenvalue weighted by atomic mass is 32.2. The number of benzene rings is 1. The fraction of sp³-hybridized carbons (Fsp3) is 0.526.